The third-order valence-corrected chi connectivity index (χ3v) is 1.40. The van der Waals surface area contributed by atoms with E-state index in [2.05, 4.69) is 10.2 Å². The molecule has 18 heavy (non-hydrogen) atoms. The number of hydrogen-bond acceptors (Lipinski definition) is 5. The number of rotatable bonds is 6. The zero-order chi connectivity index (χ0) is 14.2. The molecule has 8 heteroatoms. The Morgan fingerprint density at radius 1 is 1.22 bits per heavy atom. The Kier molecular flexibility index (Phi) is 6.73. The third kappa shape index (κ3) is 10.7. The molecule has 0 aromatic carbocycles. The molecule has 0 aliphatic rings. The van der Waals surface area contributed by atoms with Gasteiger partial charge in [0.15, 0.2) is 6.61 Å². The predicted molar refractivity (Wildman–Crippen MR) is 60.6 cm³/mol. The standard InChI is InChI=1S/C10H18N2O6/c1-10(2,3)18-8(15)4-5-11-9(16)12-17-6-7(13)14/h4-6H2,1-3H3,(H,13,14)(H2,11,12,16). The first-order chi connectivity index (χ1) is 8.20. The van der Waals surface area contributed by atoms with Crippen molar-refractivity contribution in [2.24, 2.45) is 0 Å². The van der Waals surface area contributed by atoms with E-state index in [1.165, 1.54) is 0 Å². The van der Waals surface area contributed by atoms with Crippen LogP contribution in [0.4, 0.5) is 4.79 Å². The van der Waals surface area contributed by atoms with Crippen LogP contribution in [-0.2, 0) is 19.2 Å². The van der Waals surface area contributed by atoms with Gasteiger partial charge in [0.2, 0.25) is 0 Å². The van der Waals surface area contributed by atoms with Crippen molar-refractivity contribution in [3.8, 4) is 0 Å². The van der Waals surface area contributed by atoms with Crippen molar-refractivity contribution >= 4 is 18.0 Å². The number of ether oxygens (including phenoxy) is 1. The molecule has 0 aliphatic heterocycles. The molecule has 0 rings (SSSR count). The second-order valence-corrected chi connectivity index (χ2v) is 4.38. The second-order valence-electron chi connectivity index (χ2n) is 4.38. The smallest absolute Gasteiger partial charge is 0.338 e. The van der Waals surface area contributed by atoms with Gasteiger partial charge in [-0.15, -0.1) is 0 Å². The minimum atomic E-state index is -1.20. The Labute approximate surface area is 105 Å². The van der Waals surface area contributed by atoms with Crippen LogP contribution in [0.15, 0.2) is 0 Å². The summed E-state index contributed by atoms with van der Waals surface area (Å²) in [5.41, 5.74) is 1.29. The summed E-state index contributed by atoms with van der Waals surface area (Å²) in [6.07, 6.45) is 0.0175. The number of carbonyl (C=O) groups is 3. The quantitative estimate of drug-likeness (QED) is 0.460. The molecule has 104 valence electrons. The molecule has 8 nitrogen and oxygen atoms in total. The highest BCUT2D eigenvalue weighted by Gasteiger charge is 2.15. The van der Waals surface area contributed by atoms with Crippen LogP contribution in [0.1, 0.15) is 27.2 Å². The number of nitrogens with one attached hydrogen (secondary N) is 2. The Hall–Kier alpha value is -1.83. The van der Waals surface area contributed by atoms with Crippen LogP contribution >= 0.6 is 0 Å². The highest BCUT2D eigenvalue weighted by atomic mass is 16.7. The van der Waals surface area contributed by atoms with Crippen LogP contribution in [0.5, 0.6) is 0 Å². The SMILES string of the molecule is CC(C)(C)OC(=O)CCNC(=O)NOCC(=O)O. The van der Waals surface area contributed by atoms with Crippen LogP contribution < -0.4 is 10.8 Å². The summed E-state index contributed by atoms with van der Waals surface area (Å²) in [6.45, 7) is 4.65. The molecule has 3 N–H and O–H groups in total. The predicted octanol–water partition coefficient (Wildman–Crippen LogP) is 0.0336. The van der Waals surface area contributed by atoms with Crippen molar-refractivity contribution in [2.45, 2.75) is 32.8 Å². The van der Waals surface area contributed by atoms with E-state index in [1.807, 2.05) is 5.48 Å². The van der Waals surface area contributed by atoms with Gasteiger partial charge in [0.1, 0.15) is 5.60 Å². The summed E-state index contributed by atoms with van der Waals surface area (Å²) in [6, 6.07) is -0.722. The summed E-state index contributed by atoms with van der Waals surface area (Å²) in [7, 11) is 0. The van der Waals surface area contributed by atoms with Gasteiger partial charge < -0.3 is 15.2 Å². The van der Waals surface area contributed by atoms with Crippen molar-refractivity contribution in [1.82, 2.24) is 10.8 Å². The summed E-state index contributed by atoms with van der Waals surface area (Å²) in [5, 5.41) is 10.5. The lowest BCUT2D eigenvalue weighted by Gasteiger charge is -2.19. The molecule has 0 aliphatic carbocycles. The van der Waals surface area contributed by atoms with Gasteiger partial charge >= 0.3 is 18.0 Å². The van der Waals surface area contributed by atoms with Gasteiger partial charge in [-0.2, -0.15) is 0 Å². The molecule has 0 saturated heterocycles. The van der Waals surface area contributed by atoms with Crippen LogP contribution in [0.2, 0.25) is 0 Å². The topological polar surface area (TPSA) is 114 Å². The number of hydrogen-bond donors (Lipinski definition) is 3. The fourth-order valence-corrected chi connectivity index (χ4v) is 0.870. The molecule has 0 unspecified atom stereocenters. The Morgan fingerprint density at radius 2 is 1.83 bits per heavy atom. The zero-order valence-corrected chi connectivity index (χ0v) is 10.6. The van der Waals surface area contributed by atoms with Crippen LogP contribution in [0, 0.1) is 0 Å². The first-order valence-corrected chi connectivity index (χ1v) is 5.30. The van der Waals surface area contributed by atoms with Gasteiger partial charge in [-0.1, -0.05) is 0 Å². The fourth-order valence-electron chi connectivity index (χ4n) is 0.870. The lowest BCUT2D eigenvalue weighted by atomic mass is 10.2. The maximum atomic E-state index is 11.2. The van der Waals surface area contributed by atoms with Gasteiger partial charge in [0.25, 0.3) is 0 Å². The van der Waals surface area contributed by atoms with E-state index in [9.17, 15) is 14.4 Å². The highest BCUT2D eigenvalue weighted by Crippen LogP contribution is 2.07. The third-order valence-electron chi connectivity index (χ3n) is 1.40. The van der Waals surface area contributed by atoms with Gasteiger partial charge in [-0.05, 0) is 20.8 Å². The molecule has 0 radical (unpaired) electrons. The second kappa shape index (κ2) is 7.49. The van der Waals surface area contributed by atoms with Gasteiger partial charge in [0, 0.05) is 6.54 Å². The molecule has 0 aromatic heterocycles. The van der Waals surface area contributed by atoms with E-state index < -0.39 is 30.2 Å². The Balaban J connectivity index is 3.62. The fraction of sp³-hybridized carbons (Fsp3) is 0.700. The van der Waals surface area contributed by atoms with E-state index in [1.54, 1.807) is 20.8 Å². The molecule has 0 heterocycles. The average Bonchev–Trinajstić information content (AvgIpc) is 2.13. The van der Waals surface area contributed by atoms with E-state index in [4.69, 9.17) is 9.84 Å². The number of aliphatic carboxylic acids is 1. The Morgan fingerprint density at radius 3 is 2.33 bits per heavy atom. The molecular weight excluding hydrogens is 244 g/mol. The van der Waals surface area contributed by atoms with Crippen LogP contribution in [0.25, 0.3) is 0 Å². The van der Waals surface area contributed by atoms with E-state index in [0.717, 1.165) is 0 Å². The lowest BCUT2D eigenvalue weighted by molar-refractivity contribution is -0.154. The molecule has 0 atom stereocenters. The summed E-state index contributed by atoms with van der Waals surface area (Å²) in [5.74, 6) is -1.64. The summed E-state index contributed by atoms with van der Waals surface area (Å²) in [4.78, 5) is 36.6. The zero-order valence-electron chi connectivity index (χ0n) is 10.6. The Bertz CT molecular complexity index is 310. The summed E-state index contributed by atoms with van der Waals surface area (Å²) < 4.78 is 5.01. The van der Waals surface area contributed by atoms with Crippen molar-refractivity contribution in [1.29, 1.82) is 0 Å². The molecule has 0 saturated carbocycles. The molecule has 2 amide bonds. The minimum absolute atomic E-state index is 0.0175. The van der Waals surface area contributed by atoms with Crippen LogP contribution in [-0.4, -0.2) is 41.8 Å². The lowest BCUT2D eigenvalue weighted by Crippen LogP contribution is -2.38. The van der Waals surface area contributed by atoms with E-state index >= 15 is 0 Å². The maximum Gasteiger partial charge on any atom is 0.338 e. The molecule has 0 bridgehead atoms. The molecule has 0 spiro atoms. The largest absolute Gasteiger partial charge is 0.479 e. The van der Waals surface area contributed by atoms with Crippen LogP contribution in [0.3, 0.4) is 0 Å². The molecule has 0 fully saturated rings. The van der Waals surface area contributed by atoms with Crippen molar-refractivity contribution in [3.63, 3.8) is 0 Å². The molecule has 0 aromatic rings. The first kappa shape index (κ1) is 16.2. The number of carbonyl (C=O) groups excluding carboxylic acids is 2. The first-order valence-electron chi connectivity index (χ1n) is 5.30. The van der Waals surface area contributed by atoms with Crippen molar-refractivity contribution < 1.29 is 29.1 Å². The van der Waals surface area contributed by atoms with Crippen molar-refractivity contribution in [2.75, 3.05) is 13.2 Å². The maximum absolute atomic E-state index is 11.2. The molecular formula is C10H18N2O6. The summed E-state index contributed by atoms with van der Waals surface area (Å²) >= 11 is 0. The van der Waals surface area contributed by atoms with Gasteiger partial charge in [-0.25, -0.2) is 15.1 Å². The number of amides is 2. The van der Waals surface area contributed by atoms with Crippen molar-refractivity contribution in [3.05, 3.63) is 0 Å². The van der Waals surface area contributed by atoms with Gasteiger partial charge in [0.05, 0.1) is 6.42 Å². The number of carboxylic acids is 1. The highest BCUT2D eigenvalue weighted by molar-refractivity contribution is 5.75. The average molecular weight is 262 g/mol. The number of urea groups is 1. The number of hydroxylamine groups is 1. The normalized spacial score (nSPS) is 10.6. The van der Waals surface area contributed by atoms with Gasteiger partial charge in [-0.3, -0.25) is 9.63 Å². The number of carboxylic acid groups (broad SMARTS) is 1. The van der Waals surface area contributed by atoms with E-state index in [-0.39, 0.29) is 13.0 Å². The minimum Gasteiger partial charge on any atom is -0.479 e. The van der Waals surface area contributed by atoms with E-state index in [0.29, 0.717) is 0 Å². The monoisotopic (exact) mass is 262 g/mol. The number of esters is 1.